The zero-order valence-corrected chi connectivity index (χ0v) is 11.6. The van der Waals surface area contributed by atoms with E-state index in [9.17, 15) is 0 Å². The van der Waals surface area contributed by atoms with Crippen molar-refractivity contribution in [1.29, 1.82) is 0 Å². The van der Waals surface area contributed by atoms with Gasteiger partial charge in [-0.2, -0.15) is 5.10 Å². The normalized spacial score (nSPS) is 11.0. The van der Waals surface area contributed by atoms with Crippen molar-refractivity contribution in [3.8, 4) is 11.6 Å². The van der Waals surface area contributed by atoms with Crippen LogP contribution in [0.1, 0.15) is 31.0 Å². The largest absolute Gasteiger partial charge is 0.434 e. The smallest absolute Gasteiger partial charge is 0.242 e. The Hall–Kier alpha value is -1.62. The Morgan fingerprint density at radius 2 is 1.94 bits per heavy atom. The molecule has 0 aliphatic rings. The first-order valence-electron chi connectivity index (χ1n) is 5.70. The fraction of sp³-hybridized carbons (Fsp3) is 0.417. The lowest BCUT2D eigenvalue weighted by atomic mass is 10.2. The zero-order valence-electron chi connectivity index (χ0n) is 10.8. The number of hydrogen-bond donors (Lipinski definition) is 0. The molecule has 0 amide bonds. The Bertz CT molecular complexity index is 565. The van der Waals surface area contributed by atoms with Gasteiger partial charge in [0.25, 0.3) is 0 Å². The average molecular weight is 267 g/mol. The molecule has 18 heavy (non-hydrogen) atoms. The number of ether oxygens (including phenoxy) is 1. The van der Waals surface area contributed by atoms with Crippen LogP contribution >= 0.6 is 11.6 Å². The van der Waals surface area contributed by atoms with Crippen LogP contribution in [0.3, 0.4) is 0 Å². The number of nitrogens with zero attached hydrogens (tertiary/aromatic N) is 4. The summed E-state index contributed by atoms with van der Waals surface area (Å²) in [5.41, 5.74) is 1.75. The molecule has 0 radical (unpaired) electrons. The summed E-state index contributed by atoms with van der Waals surface area (Å²) >= 11 is 5.89. The van der Waals surface area contributed by atoms with Crippen LogP contribution in [0.2, 0.25) is 5.15 Å². The third-order valence-corrected chi connectivity index (χ3v) is 3.10. The Kier molecular flexibility index (Phi) is 3.52. The van der Waals surface area contributed by atoms with E-state index in [1.54, 1.807) is 6.20 Å². The van der Waals surface area contributed by atoms with Gasteiger partial charge in [-0.25, -0.2) is 0 Å². The molecule has 0 fully saturated rings. The van der Waals surface area contributed by atoms with E-state index in [-0.39, 0.29) is 0 Å². The SMILES string of the molecule is Cc1c(Cl)nnc(Oc2cnn(C(C)C)c2)c1C. The Morgan fingerprint density at radius 1 is 1.22 bits per heavy atom. The van der Waals surface area contributed by atoms with Crippen LogP contribution in [-0.2, 0) is 0 Å². The minimum absolute atomic E-state index is 0.293. The summed E-state index contributed by atoms with van der Waals surface area (Å²) in [6.07, 6.45) is 3.49. The van der Waals surface area contributed by atoms with Crippen molar-refractivity contribution >= 4 is 11.6 Å². The summed E-state index contributed by atoms with van der Waals surface area (Å²) in [5, 5.41) is 12.4. The predicted molar refractivity (Wildman–Crippen MR) is 69.2 cm³/mol. The van der Waals surface area contributed by atoms with Crippen LogP contribution in [0.4, 0.5) is 0 Å². The molecular formula is C12H15ClN4O. The van der Waals surface area contributed by atoms with Crippen molar-refractivity contribution in [2.24, 2.45) is 0 Å². The summed E-state index contributed by atoms with van der Waals surface area (Å²) in [5.74, 6) is 1.10. The molecule has 2 aromatic rings. The van der Waals surface area contributed by atoms with E-state index in [1.807, 2.05) is 38.6 Å². The van der Waals surface area contributed by atoms with Crippen LogP contribution in [0.5, 0.6) is 11.6 Å². The van der Waals surface area contributed by atoms with Gasteiger partial charge in [-0.3, -0.25) is 4.68 Å². The van der Waals surface area contributed by atoms with Crippen LogP contribution in [0.25, 0.3) is 0 Å². The number of rotatable bonds is 3. The second-order valence-corrected chi connectivity index (χ2v) is 4.76. The van der Waals surface area contributed by atoms with Crippen molar-refractivity contribution in [2.75, 3.05) is 0 Å². The van der Waals surface area contributed by atoms with Gasteiger partial charge in [0.2, 0.25) is 5.88 Å². The third kappa shape index (κ3) is 2.46. The highest BCUT2D eigenvalue weighted by molar-refractivity contribution is 6.30. The fourth-order valence-corrected chi connectivity index (χ4v) is 1.60. The van der Waals surface area contributed by atoms with E-state index in [0.717, 1.165) is 11.1 Å². The molecule has 2 aromatic heterocycles. The molecule has 2 heterocycles. The fourth-order valence-electron chi connectivity index (χ4n) is 1.42. The minimum atomic E-state index is 0.293. The first-order chi connectivity index (χ1) is 8.49. The van der Waals surface area contributed by atoms with E-state index in [1.165, 1.54) is 0 Å². The molecule has 0 bridgehead atoms. The van der Waals surface area contributed by atoms with Crippen LogP contribution in [0.15, 0.2) is 12.4 Å². The lowest BCUT2D eigenvalue weighted by molar-refractivity contribution is 0.447. The first-order valence-corrected chi connectivity index (χ1v) is 6.08. The number of aromatic nitrogens is 4. The van der Waals surface area contributed by atoms with Gasteiger partial charge in [-0.1, -0.05) is 11.6 Å². The quantitative estimate of drug-likeness (QED) is 0.855. The summed E-state index contributed by atoms with van der Waals surface area (Å²) in [6, 6.07) is 0.293. The zero-order chi connectivity index (χ0) is 13.3. The predicted octanol–water partition coefficient (Wildman–Crippen LogP) is 3.32. The Labute approximate surface area is 111 Å². The monoisotopic (exact) mass is 266 g/mol. The number of hydrogen-bond acceptors (Lipinski definition) is 4. The molecule has 0 N–H and O–H groups in total. The van der Waals surface area contributed by atoms with Crippen LogP contribution in [-0.4, -0.2) is 20.0 Å². The van der Waals surface area contributed by atoms with E-state index >= 15 is 0 Å². The summed E-state index contributed by atoms with van der Waals surface area (Å²) in [7, 11) is 0. The van der Waals surface area contributed by atoms with Gasteiger partial charge in [0.1, 0.15) is 0 Å². The first kappa shape index (κ1) is 12.8. The summed E-state index contributed by atoms with van der Waals surface area (Å²) in [4.78, 5) is 0. The van der Waals surface area contributed by atoms with Gasteiger partial charge < -0.3 is 4.74 Å². The van der Waals surface area contributed by atoms with Crippen molar-refractivity contribution in [2.45, 2.75) is 33.7 Å². The Balaban J connectivity index is 2.26. The lowest BCUT2D eigenvalue weighted by Gasteiger charge is -2.07. The summed E-state index contributed by atoms with van der Waals surface area (Å²) in [6.45, 7) is 7.89. The van der Waals surface area contributed by atoms with Gasteiger partial charge in [0.15, 0.2) is 10.9 Å². The third-order valence-electron chi connectivity index (χ3n) is 2.74. The maximum absolute atomic E-state index is 5.89. The summed E-state index contributed by atoms with van der Waals surface area (Å²) < 4.78 is 7.48. The molecule has 2 rings (SSSR count). The van der Waals surface area contributed by atoms with E-state index < -0.39 is 0 Å². The maximum Gasteiger partial charge on any atom is 0.242 e. The van der Waals surface area contributed by atoms with Gasteiger partial charge >= 0.3 is 0 Å². The minimum Gasteiger partial charge on any atom is -0.434 e. The van der Waals surface area contributed by atoms with Crippen molar-refractivity contribution in [3.63, 3.8) is 0 Å². The topological polar surface area (TPSA) is 52.8 Å². The molecule has 0 spiro atoms. The van der Waals surface area contributed by atoms with Gasteiger partial charge in [0, 0.05) is 11.6 Å². The van der Waals surface area contributed by atoms with Gasteiger partial charge in [-0.15, -0.1) is 10.2 Å². The molecule has 0 aromatic carbocycles. The molecule has 0 aliphatic carbocycles. The second kappa shape index (κ2) is 4.94. The van der Waals surface area contributed by atoms with Crippen molar-refractivity contribution in [1.82, 2.24) is 20.0 Å². The van der Waals surface area contributed by atoms with E-state index in [2.05, 4.69) is 15.3 Å². The lowest BCUT2D eigenvalue weighted by Crippen LogP contribution is -2.00. The molecule has 5 nitrogen and oxygen atoms in total. The molecule has 0 atom stereocenters. The highest BCUT2D eigenvalue weighted by Crippen LogP contribution is 2.26. The van der Waals surface area contributed by atoms with Gasteiger partial charge in [0.05, 0.1) is 12.4 Å². The Morgan fingerprint density at radius 3 is 2.56 bits per heavy atom. The van der Waals surface area contributed by atoms with Crippen LogP contribution in [0, 0.1) is 13.8 Å². The van der Waals surface area contributed by atoms with Gasteiger partial charge in [-0.05, 0) is 33.3 Å². The standard InChI is InChI=1S/C12H15ClN4O/c1-7(2)17-6-10(5-14-17)18-12-9(4)8(3)11(13)15-16-12/h5-7H,1-4H3. The molecule has 0 aliphatic heterocycles. The van der Waals surface area contributed by atoms with E-state index in [4.69, 9.17) is 16.3 Å². The molecule has 0 unspecified atom stereocenters. The van der Waals surface area contributed by atoms with Crippen molar-refractivity contribution in [3.05, 3.63) is 28.7 Å². The second-order valence-electron chi connectivity index (χ2n) is 4.40. The highest BCUT2D eigenvalue weighted by atomic mass is 35.5. The molecule has 0 saturated heterocycles. The number of halogens is 1. The van der Waals surface area contributed by atoms with Crippen LogP contribution < -0.4 is 4.74 Å². The average Bonchev–Trinajstić information content (AvgIpc) is 2.79. The molecule has 6 heteroatoms. The molecule has 0 saturated carbocycles. The molecule has 96 valence electrons. The highest BCUT2D eigenvalue weighted by Gasteiger charge is 2.11. The van der Waals surface area contributed by atoms with E-state index in [0.29, 0.717) is 22.8 Å². The van der Waals surface area contributed by atoms with Crippen molar-refractivity contribution < 1.29 is 4.74 Å². The molecular weight excluding hydrogens is 252 g/mol. The maximum atomic E-state index is 5.89.